The molecule has 2 aromatic rings. The SMILES string of the molecule is Cc1ccccc1C(=O)N1C(C(=O)NCC2CCCO2)COC12CCN(C(=O)c1ccccc1F)CC2. The molecule has 3 aliphatic heterocycles. The number of rotatable bonds is 5. The molecule has 1 spiro atoms. The lowest BCUT2D eigenvalue weighted by Crippen LogP contribution is -2.60. The summed E-state index contributed by atoms with van der Waals surface area (Å²) < 4.78 is 26.1. The van der Waals surface area contributed by atoms with Gasteiger partial charge in [-0.25, -0.2) is 4.39 Å². The lowest BCUT2D eigenvalue weighted by molar-refractivity contribution is -0.128. The monoisotopic (exact) mass is 509 g/mol. The fourth-order valence-corrected chi connectivity index (χ4v) is 5.51. The van der Waals surface area contributed by atoms with Crippen molar-refractivity contribution in [2.24, 2.45) is 0 Å². The highest BCUT2D eigenvalue weighted by atomic mass is 19.1. The van der Waals surface area contributed by atoms with Crippen LogP contribution in [0, 0.1) is 12.7 Å². The maximum Gasteiger partial charge on any atom is 0.257 e. The quantitative estimate of drug-likeness (QED) is 0.670. The molecule has 1 N–H and O–H groups in total. The van der Waals surface area contributed by atoms with Crippen LogP contribution < -0.4 is 5.32 Å². The van der Waals surface area contributed by atoms with Crippen molar-refractivity contribution in [2.45, 2.75) is 50.5 Å². The van der Waals surface area contributed by atoms with Gasteiger partial charge in [0.2, 0.25) is 5.91 Å². The highest BCUT2D eigenvalue weighted by molar-refractivity contribution is 5.99. The number of nitrogens with zero attached hydrogens (tertiary/aromatic N) is 2. The number of benzene rings is 2. The number of hydrogen-bond donors (Lipinski definition) is 1. The van der Waals surface area contributed by atoms with Crippen molar-refractivity contribution in [1.29, 1.82) is 0 Å². The van der Waals surface area contributed by atoms with Gasteiger partial charge in [-0.15, -0.1) is 0 Å². The Labute approximate surface area is 215 Å². The van der Waals surface area contributed by atoms with E-state index in [1.54, 1.807) is 34.1 Å². The molecule has 3 amide bonds. The molecule has 0 aromatic heterocycles. The van der Waals surface area contributed by atoms with Gasteiger partial charge in [0, 0.05) is 44.6 Å². The summed E-state index contributed by atoms with van der Waals surface area (Å²) in [4.78, 5) is 43.3. The first-order chi connectivity index (χ1) is 17.9. The fourth-order valence-electron chi connectivity index (χ4n) is 5.51. The molecule has 8 nitrogen and oxygen atoms in total. The van der Waals surface area contributed by atoms with Gasteiger partial charge >= 0.3 is 0 Å². The predicted molar refractivity (Wildman–Crippen MR) is 133 cm³/mol. The summed E-state index contributed by atoms with van der Waals surface area (Å²) >= 11 is 0. The van der Waals surface area contributed by atoms with Gasteiger partial charge in [-0.1, -0.05) is 30.3 Å². The van der Waals surface area contributed by atoms with Crippen LogP contribution in [0.5, 0.6) is 0 Å². The molecule has 37 heavy (non-hydrogen) atoms. The highest BCUT2D eigenvalue weighted by Crippen LogP contribution is 2.39. The van der Waals surface area contributed by atoms with Gasteiger partial charge in [-0.3, -0.25) is 19.3 Å². The van der Waals surface area contributed by atoms with Crippen molar-refractivity contribution in [2.75, 3.05) is 32.8 Å². The van der Waals surface area contributed by atoms with Gasteiger partial charge in [0.15, 0.2) is 0 Å². The maximum atomic E-state index is 14.2. The molecule has 2 unspecified atom stereocenters. The van der Waals surface area contributed by atoms with E-state index in [4.69, 9.17) is 9.47 Å². The second-order valence-electron chi connectivity index (χ2n) is 9.92. The van der Waals surface area contributed by atoms with Crippen molar-refractivity contribution in [3.63, 3.8) is 0 Å². The van der Waals surface area contributed by atoms with E-state index >= 15 is 0 Å². The Balaban J connectivity index is 1.36. The van der Waals surface area contributed by atoms with Crippen LogP contribution in [0.25, 0.3) is 0 Å². The summed E-state index contributed by atoms with van der Waals surface area (Å²) in [6, 6.07) is 12.4. The molecule has 3 aliphatic rings. The van der Waals surface area contributed by atoms with E-state index in [1.165, 1.54) is 12.1 Å². The number of hydrogen-bond acceptors (Lipinski definition) is 5. The summed E-state index contributed by atoms with van der Waals surface area (Å²) in [7, 11) is 0. The van der Waals surface area contributed by atoms with Gasteiger partial charge in [0.25, 0.3) is 11.8 Å². The number of nitrogens with one attached hydrogen (secondary N) is 1. The van der Waals surface area contributed by atoms with Gasteiger partial charge < -0.3 is 19.7 Å². The Morgan fingerprint density at radius 1 is 1.03 bits per heavy atom. The molecule has 0 saturated carbocycles. The van der Waals surface area contributed by atoms with Crippen LogP contribution in [0.15, 0.2) is 48.5 Å². The van der Waals surface area contributed by atoms with Crippen LogP contribution >= 0.6 is 0 Å². The first-order valence-corrected chi connectivity index (χ1v) is 12.9. The summed E-state index contributed by atoms with van der Waals surface area (Å²) in [6.45, 7) is 3.55. The molecule has 196 valence electrons. The van der Waals surface area contributed by atoms with E-state index in [-0.39, 0.29) is 43.2 Å². The minimum absolute atomic E-state index is 0.0185. The minimum atomic E-state index is -1.03. The molecular formula is C28H32FN3O5. The Hall–Kier alpha value is -3.30. The predicted octanol–water partition coefficient (Wildman–Crippen LogP) is 2.90. The third kappa shape index (κ3) is 4.98. The van der Waals surface area contributed by atoms with Crippen LogP contribution in [-0.4, -0.2) is 78.2 Å². The van der Waals surface area contributed by atoms with Crippen LogP contribution in [0.2, 0.25) is 0 Å². The van der Waals surface area contributed by atoms with Crippen molar-refractivity contribution < 1.29 is 28.2 Å². The van der Waals surface area contributed by atoms with E-state index in [1.807, 2.05) is 19.1 Å². The van der Waals surface area contributed by atoms with Gasteiger partial charge in [-0.05, 0) is 43.5 Å². The Morgan fingerprint density at radius 2 is 1.73 bits per heavy atom. The fraction of sp³-hybridized carbons (Fsp3) is 0.464. The van der Waals surface area contributed by atoms with Gasteiger partial charge in [0.05, 0.1) is 18.3 Å². The third-order valence-corrected chi connectivity index (χ3v) is 7.62. The van der Waals surface area contributed by atoms with E-state index in [2.05, 4.69) is 5.32 Å². The molecule has 0 bridgehead atoms. The number of carbonyl (C=O) groups excluding carboxylic acids is 3. The number of carbonyl (C=O) groups is 3. The van der Waals surface area contributed by atoms with Crippen molar-refractivity contribution in [1.82, 2.24) is 15.1 Å². The Kier molecular flexibility index (Phi) is 7.26. The van der Waals surface area contributed by atoms with Crippen LogP contribution in [0.4, 0.5) is 4.39 Å². The number of piperidine rings is 1. The Morgan fingerprint density at radius 3 is 2.41 bits per heavy atom. The standard InChI is InChI=1S/C28H32FN3O5/c1-19-7-2-3-9-21(19)27(35)32-24(25(33)30-17-20-8-6-16-36-20)18-37-28(32)12-14-31(15-13-28)26(34)22-10-4-5-11-23(22)29/h2-5,7,9-11,20,24H,6,8,12-18H2,1H3,(H,30,33). The number of aryl methyl sites for hydroxylation is 1. The second kappa shape index (κ2) is 10.6. The molecule has 3 heterocycles. The number of likely N-dealkylation sites (tertiary alicyclic amines) is 1. The topological polar surface area (TPSA) is 88.2 Å². The van der Waals surface area contributed by atoms with Crippen molar-refractivity contribution in [3.8, 4) is 0 Å². The number of amides is 3. The number of halogens is 1. The Bertz CT molecular complexity index is 1170. The van der Waals surface area contributed by atoms with Gasteiger partial charge in [0.1, 0.15) is 17.6 Å². The van der Waals surface area contributed by atoms with Gasteiger partial charge in [-0.2, -0.15) is 0 Å². The molecule has 0 aliphatic carbocycles. The normalized spacial score (nSPS) is 22.9. The summed E-state index contributed by atoms with van der Waals surface area (Å²) in [5.41, 5.74) is 0.302. The average Bonchev–Trinajstić information content (AvgIpc) is 3.56. The second-order valence-corrected chi connectivity index (χ2v) is 9.92. The summed E-state index contributed by atoms with van der Waals surface area (Å²) in [5.74, 6) is -1.52. The van der Waals surface area contributed by atoms with Crippen molar-refractivity contribution >= 4 is 17.7 Å². The molecular weight excluding hydrogens is 477 g/mol. The first-order valence-electron chi connectivity index (χ1n) is 12.9. The minimum Gasteiger partial charge on any atom is -0.376 e. The lowest BCUT2D eigenvalue weighted by Gasteiger charge is -2.44. The van der Waals surface area contributed by atoms with E-state index < -0.39 is 23.5 Å². The third-order valence-electron chi connectivity index (χ3n) is 7.62. The average molecular weight is 510 g/mol. The summed E-state index contributed by atoms with van der Waals surface area (Å²) in [6.07, 6.45) is 2.48. The molecule has 5 rings (SSSR count). The highest BCUT2D eigenvalue weighted by Gasteiger charge is 2.54. The lowest BCUT2D eigenvalue weighted by atomic mass is 9.95. The van der Waals surface area contributed by atoms with Crippen LogP contribution in [0.1, 0.15) is 52.0 Å². The molecule has 2 aromatic carbocycles. The van der Waals surface area contributed by atoms with Crippen LogP contribution in [0.3, 0.4) is 0 Å². The molecule has 2 atom stereocenters. The van der Waals surface area contributed by atoms with E-state index in [9.17, 15) is 18.8 Å². The van der Waals surface area contributed by atoms with E-state index in [0.29, 0.717) is 31.6 Å². The largest absolute Gasteiger partial charge is 0.376 e. The van der Waals surface area contributed by atoms with Crippen LogP contribution in [-0.2, 0) is 14.3 Å². The van der Waals surface area contributed by atoms with E-state index in [0.717, 1.165) is 18.4 Å². The smallest absolute Gasteiger partial charge is 0.257 e. The molecule has 9 heteroatoms. The van der Waals surface area contributed by atoms with Crippen molar-refractivity contribution in [3.05, 3.63) is 71.0 Å². The molecule has 3 saturated heterocycles. The molecule has 0 radical (unpaired) electrons. The zero-order valence-corrected chi connectivity index (χ0v) is 21.0. The maximum absolute atomic E-state index is 14.2. The number of ether oxygens (including phenoxy) is 2. The summed E-state index contributed by atoms with van der Waals surface area (Å²) in [5, 5.41) is 2.95. The first kappa shape index (κ1) is 25.4. The zero-order valence-electron chi connectivity index (χ0n) is 21.0. The zero-order chi connectivity index (χ0) is 26.0. The molecule has 3 fully saturated rings.